The monoisotopic (exact) mass is 419 g/mol. The van der Waals surface area contributed by atoms with Gasteiger partial charge in [0.15, 0.2) is 0 Å². The van der Waals surface area contributed by atoms with Gasteiger partial charge in [-0.2, -0.15) is 0 Å². The Balaban J connectivity index is 1.82. The molecule has 6 nitrogen and oxygen atoms in total. The van der Waals surface area contributed by atoms with Crippen molar-refractivity contribution in [2.75, 3.05) is 12.4 Å². The van der Waals surface area contributed by atoms with Crippen LogP contribution in [0.15, 0.2) is 42.2 Å². The van der Waals surface area contributed by atoms with E-state index in [2.05, 4.69) is 46.8 Å². The first kappa shape index (κ1) is 20.9. The molecule has 7 heteroatoms. The molecule has 3 aromatic heterocycles. The third-order valence-electron chi connectivity index (χ3n) is 5.60. The lowest BCUT2D eigenvalue weighted by molar-refractivity contribution is -0.117. The van der Waals surface area contributed by atoms with Crippen molar-refractivity contribution in [1.29, 1.82) is 0 Å². The molecular weight excluding hydrogens is 393 g/mol. The number of carbonyl (C=O) groups excluding carboxylic acids is 1. The van der Waals surface area contributed by atoms with Gasteiger partial charge in [-0.1, -0.05) is 19.9 Å². The Morgan fingerprint density at radius 2 is 2.10 bits per heavy atom. The second-order valence-corrected chi connectivity index (χ2v) is 7.87. The normalized spacial score (nSPS) is 18.3. The maximum Gasteiger partial charge on any atom is 0.231 e. The highest BCUT2D eigenvalue weighted by atomic mass is 19.1. The SMILES string of the molecule is C=Cn1c(=NC)c(-c2cnc(CCC)cc2C)cc2cnc(NC(=O)C3CC3F)cc21. The number of fused-ring (bicyclic) bond motifs is 1. The number of carbonyl (C=O) groups is 1. The summed E-state index contributed by atoms with van der Waals surface area (Å²) in [6.45, 7) is 8.17. The number of aryl methyl sites for hydroxylation is 2. The Bertz CT molecular complexity index is 1250. The van der Waals surface area contributed by atoms with Crippen molar-refractivity contribution in [3.05, 3.63) is 53.9 Å². The Kier molecular flexibility index (Phi) is 5.67. The van der Waals surface area contributed by atoms with Crippen molar-refractivity contribution < 1.29 is 9.18 Å². The van der Waals surface area contributed by atoms with E-state index in [-0.39, 0.29) is 12.3 Å². The minimum absolute atomic E-state index is 0.277. The molecule has 0 aliphatic heterocycles. The zero-order valence-electron chi connectivity index (χ0n) is 18.0. The second kappa shape index (κ2) is 8.41. The lowest BCUT2D eigenvalue weighted by Crippen LogP contribution is -2.21. The van der Waals surface area contributed by atoms with Crippen LogP contribution in [0.5, 0.6) is 0 Å². The van der Waals surface area contributed by atoms with E-state index in [1.807, 2.05) is 16.8 Å². The van der Waals surface area contributed by atoms with E-state index in [0.717, 1.165) is 51.6 Å². The van der Waals surface area contributed by atoms with Gasteiger partial charge in [0.05, 0.1) is 11.4 Å². The molecule has 160 valence electrons. The van der Waals surface area contributed by atoms with Crippen LogP contribution in [0, 0.1) is 12.8 Å². The van der Waals surface area contributed by atoms with Crippen LogP contribution in [-0.4, -0.2) is 33.7 Å². The van der Waals surface area contributed by atoms with E-state index in [1.165, 1.54) is 0 Å². The molecule has 2 unspecified atom stereocenters. The van der Waals surface area contributed by atoms with Gasteiger partial charge >= 0.3 is 0 Å². The minimum Gasteiger partial charge on any atom is -0.310 e. The topological polar surface area (TPSA) is 72.2 Å². The molecule has 1 amide bonds. The van der Waals surface area contributed by atoms with E-state index >= 15 is 0 Å². The van der Waals surface area contributed by atoms with Crippen LogP contribution in [0.4, 0.5) is 10.2 Å². The zero-order valence-corrected chi connectivity index (χ0v) is 18.0. The van der Waals surface area contributed by atoms with Gasteiger partial charge in [0.2, 0.25) is 5.91 Å². The average Bonchev–Trinajstić information content (AvgIpc) is 3.49. The summed E-state index contributed by atoms with van der Waals surface area (Å²) in [7, 11) is 1.73. The number of hydrogen-bond donors (Lipinski definition) is 1. The van der Waals surface area contributed by atoms with Gasteiger partial charge in [0.25, 0.3) is 0 Å². The molecule has 4 rings (SSSR count). The van der Waals surface area contributed by atoms with Crippen LogP contribution in [-0.2, 0) is 11.2 Å². The highest BCUT2D eigenvalue weighted by Gasteiger charge is 2.43. The molecule has 31 heavy (non-hydrogen) atoms. The molecule has 3 aromatic rings. The summed E-state index contributed by atoms with van der Waals surface area (Å²) in [6, 6.07) is 5.91. The standard InChI is InChI=1S/C24H26FN5O/c1-5-7-16-8-14(3)19(13-27-16)17-9-15-12-28-22(29-24(31)18-10-20(18)25)11-21(15)30(6-2)23(17)26-4/h6,8-9,11-13,18,20H,2,5,7,10H2,1,3-4H3,(H,28,29,31). The van der Waals surface area contributed by atoms with Gasteiger partial charge < -0.3 is 9.88 Å². The molecule has 3 heterocycles. The molecule has 1 N–H and O–H groups in total. The first-order chi connectivity index (χ1) is 15.0. The largest absolute Gasteiger partial charge is 0.310 e. The Labute approximate surface area is 180 Å². The molecule has 2 atom stereocenters. The van der Waals surface area contributed by atoms with E-state index in [0.29, 0.717) is 5.82 Å². The van der Waals surface area contributed by atoms with Crippen molar-refractivity contribution in [1.82, 2.24) is 14.5 Å². The number of halogens is 1. The van der Waals surface area contributed by atoms with E-state index < -0.39 is 12.1 Å². The first-order valence-corrected chi connectivity index (χ1v) is 10.5. The summed E-state index contributed by atoms with van der Waals surface area (Å²) in [4.78, 5) is 25.6. The van der Waals surface area contributed by atoms with Gasteiger partial charge in [0, 0.05) is 53.9 Å². The molecule has 0 bridgehead atoms. The fraction of sp³-hybridized carbons (Fsp3) is 0.333. The number of aromatic nitrogens is 3. The molecular formula is C24H26FN5O. The first-order valence-electron chi connectivity index (χ1n) is 10.5. The number of amides is 1. The highest BCUT2D eigenvalue weighted by molar-refractivity contribution is 5.96. The lowest BCUT2D eigenvalue weighted by Gasteiger charge is -2.15. The van der Waals surface area contributed by atoms with Gasteiger partial charge in [0.1, 0.15) is 17.5 Å². The summed E-state index contributed by atoms with van der Waals surface area (Å²) in [6.07, 6.45) is 6.50. The third kappa shape index (κ3) is 4.00. The fourth-order valence-electron chi connectivity index (χ4n) is 3.86. The van der Waals surface area contributed by atoms with Crippen molar-refractivity contribution in [2.45, 2.75) is 39.3 Å². The van der Waals surface area contributed by atoms with Crippen LogP contribution in [0.1, 0.15) is 31.0 Å². The molecule has 0 aromatic carbocycles. The van der Waals surface area contributed by atoms with Gasteiger partial charge in [-0.3, -0.25) is 14.8 Å². The highest BCUT2D eigenvalue weighted by Crippen LogP contribution is 2.34. The average molecular weight is 420 g/mol. The quantitative estimate of drug-likeness (QED) is 0.648. The molecule has 0 spiro atoms. The van der Waals surface area contributed by atoms with Crippen LogP contribution in [0.25, 0.3) is 28.2 Å². The van der Waals surface area contributed by atoms with E-state index in [9.17, 15) is 9.18 Å². The maximum atomic E-state index is 13.2. The van der Waals surface area contributed by atoms with Crippen LogP contribution in [0.2, 0.25) is 0 Å². The number of nitrogens with one attached hydrogen (secondary N) is 1. The summed E-state index contributed by atoms with van der Waals surface area (Å²) in [5, 5.41) is 3.58. The zero-order chi connectivity index (χ0) is 22.1. The number of pyridine rings is 3. The summed E-state index contributed by atoms with van der Waals surface area (Å²) < 4.78 is 15.1. The Morgan fingerprint density at radius 1 is 1.32 bits per heavy atom. The van der Waals surface area contributed by atoms with E-state index in [4.69, 9.17) is 0 Å². The van der Waals surface area contributed by atoms with Gasteiger partial charge in [-0.25, -0.2) is 9.37 Å². The minimum atomic E-state index is -1.05. The maximum absolute atomic E-state index is 13.2. The predicted molar refractivity (Wildman–Crippen MR) is 121 cm³/mol. The third-order valence-corrected chi connectivity index (χ3v) is 5.60. The second-order valence-electron chi connectivity index (χ2n) is 7.87. The molecule has 0 saturated heterocycles. The number of anilines is 1. The smallest absolute Gasteiger partial charge is 0.231 e. The number of alkyl halides is 1. The number of hydrogen-bond acceptors (Lipinski definition) is 4. The molecule has 1 saturated carbocycles. The van der Waals surface area contributed by atoms with Crippen molar-refractivity contribution in [3.8, 4) is 11.1 Å². The molecule has 0 radical (unpaired) electrons. The Hall–Kier alpha value is -3.35. The van der Waals surface area contributed by atoms with Crippen LogP contribution < -0.4 is 10.8 Å². The number of nitrogens with zero attached hydrogens (tertiary/aromatic N) is 4. The molecule has 1 aliphatic carbocycles. The van der Waals surface area contributed by atoms with Gasteiger partial charge in [-0.05, 0) is 37.5 Å². The Morgan fingerprint density at radius 3 is 2.71 bits per heavy atom. The summed E-state index contributed by atoms with van der Waals surface area (Å²) >= 11 is 0. The van der Waals surface area contributed by atoms with Gasteiger partial charge in [-0.15, -0.1) is 0 Å². The van der Waals surface area contributed by atoms with Crippen LogP contribution >= 0.6 is 0 Å². The van der Waals surface area contributed by atoms with Crippen molar-refractivity contribution in [3.63, 3.8) is 0 Å². The van der Waals surface area contributed by atoms with E-state index in [1.54, 1.807) is 25.5 Å². The molecule has 1 aliphatic rings. The predicted octanol–water partition coefficient (Wildman–Crippen LogP) is 4.29. The summed E-state index contributed by atoms with van der Waals surface area (Å²) in [5.41, 5.74) is 5.65. The van der Waals surface area contributed by atoms with Crippen molar-refractivity contribution in [2.24, 2.45) is 10.9 Å². The molecule has 1 fully saturated rings. The van der Waals surface area contributed by atoms with Crippen molar-refractivity contribution >= 4 is 28.8 Å². The summed E-state index contributed by atoms with van der Waals surface area (Å²) in [5.74, 6) is -0.530. The van der Waals surface area contributed by atoms with Crippen LogP contribution in [0.3, 0.4) is 0 Å². The number of rotatable bonds is 6. The lowest BCUT2D eigenvalue weighted by atomic mass is 10.0. The fourth-order valence-corrected chi connectivity index (χ4v) is 3.86.